The van der Waals surface area contributed by atoms with Gasteiger partial charge in [-0.05, 0) is 32.6 Å². The van der Waals surface area contributed by atoms with Crippen LogP contribution >= 0.6 is 0 Å². The van der Waals surface area contributed by atoms with Crippen molar-refractivity contribution in [1.82, 2.24) is 4.90 Å². The zero-order valence-electron chi connectivity index (χ0n) is 9.73. The summed E-state index contributed by atoms with van der Waals surface area (Å²) in [6.45, 7) is 3.32. The number of aliphatic hydroxyl groups excluding tert-OH is 1. The van der Waals surface area contributed by atoms with Gasteiger partial charge in [-0.1, -0.05) is 12.8 Å². The highest BCUT2D eigenvalue weighted by molar-refractivity contribution is 4.90. The van der Waals surface area contributed by atoms with E-state index in [1.54, 1.807) is 0 Å². The number of hydrogen-bond donors (Lipinski definition) is 2. The van der Waals surface area contributed by atoms with Gasteiger partial charge in [-0.3, -0.25) is 4.90 Å². The molecule has 2 rings (SSSR count). The topological polar surface area (TPSA) is 49.5 Å². The summed E-state index contributed by atoms with van der Waals surface area (Å²) < 4.78 is 0. The molecule has 15 heavy (non-hydrogen) atoms. The zero-order chi connectivity index (χ0) is 10.8. The summed E-state index contributed by atoms with van der Waals surface area (Å²) in [4.78, 5) is 2.49. The molecule has 3 nitrogen and oxygen atoms in total. The third kappa shape index (κ3) is 2.52. The highest BCUT2D eigenvalue weighted by atomic mass is 16.3. The van der Waals surface area contributed by atoms with Gasteiger partial charge in [0, 0.05) is 24.7 Å². The van der Waals surface area contributed by atoms with Crippen LogP contribution in [0.5, 0.6) is 0 Å². The number of rotatable bonds is 1. The van der Waals surface area contributed by atoms with Crippen molar-refractivity contribution >= 4 is 0 Å². The first-order valence-electron chi connectivity index (χ1n) is 6.38. The molecule has 1 aliphatic carbocycles. The molecule has 3 N–H and O–H groups in total. The summed E-state index contributed by atoms with van der Waals surface area (Å²) in [5, 5.41) is 10.0. The van der Waals surface area contributed by atoms with E-state index in [9.17, 15) is 5.11 Å². The Kier molecular flexibility index (Phi) is 3.65. The van der Waals surface area contributed by atoms with E-state index in [1.807, 2.05) is 0 Å². The Bertz CT molecular complexity index is 210. The van der Waals surface area contributed by atoms with Crippen LogP contribution < -0.4 is 5.73 Å². The number of likely N-dealkylation sites (tertiary alicyclic amines) is 1. The Morgan fingerprint density at radius 1 is 1.20 bits per heavy atom. The molecule has 1 heterocycles. The van der Waals surface area contributed by atoms with Crippen molar-refractivity contribution in [2.45, 2.75) is 69.7 Å². The maximum Gasteiger partial charge on any atom is 0.0695 e. The van der Waals surface area contributed by atoms with E-state index >= 15 is 0 Å². The Labute approximate surface area is 92.6 Å². The lowest BCUT2D eigenvalue weighted by molar-refractivity contribution is -0.0134. The van der Waals surface area contributed by atoms with Crippen LogP contribution in [0.15, 0.2) is 0 Å². The number of aliphatic hydroxyl groups is 1. The van der Waals surface area contributed by atoms with E-state index in [2.05, 4.69) is 11.8 Å². The normalized spacial score (nSPS) is 44.2. The predicted molar refractivity (Wildman–Crippen MR) is 61.6 cm³/mol. The van der Waals surface area contributed by atoms with Gasteiger partial charge in [-0.15, -0.1) is 0 Å². The molecule has 0 spiro atoms. The summed E-state index contributed by atoms with van der Waals surface area (Å²) in [6.07, 6.45) is 6.70. The average molecular weight is 212 g/mol. The van der Waals surface area contributed by atoms with Crippen LogP contribution in [0.4, 0.5) is 0 Å². The van der Waals surface area contributed by atoms with Gasteiger partial charge in [0.05, 0.1) is 6.10 Å². The maximum absolute atomic E-state index is 10.0. The van der Waals surface area contributed by atoms with Gasteiger partial charge in [0.1, 0.15) is 0 Å². The number of nitrogens with zero attached hydrogens (tertiary/aromatic N) is 1. The fourth-order valence-electron chi connectivity index (χ4n) is 3.20. The fourth-order valence-corrected chi connectivity index (χ4v) is 3.20. The molecule has 0 aromatic heterocycles. The smallest absolute Gasteiger partial charge is 0.0695 e. The monoisotopic (exact) mass is 212 g/mol. The Morgan fingerprint density at radius 2 is 1.93 bits per heavy atom. The van der Waals surface area contributed by atoms with Crippen molar-refractivity contribution in [2.75, 3.05) is 6.54 Å². The second kappa shape index (κ2) is 4.81. The van der Waals surface area contributed by atoms with Crippen molar-refractivity contribution in [3.8, 4) is 0 Å². The average Bonchev–Trinajstić information content (AvgIpc) is 2.20. The molecule has 1 aliphatic heterocycles. The quantitative estimate of drug-likeness (QED) is 0.684. The molecule has 0 radical (unpaired) electrons. The van der Waals surface area contributed by atoms with Crippen LogP contribution in [-0.2, 0) is 0 Å². The van der Waals surface area contributed by atoms with Gasteiger partial charge < -0.3 is 10.8 Å². The van der Waals surface area contributed by atoms with Crippen molar-refractivity contribution in [2.24, 2.45) is 5.73 Å². The number of nitrogens with two attached hydrogens (primary N) is 1. The molecule has 0 amide bonds. The van der Waals surface area contributed by atoms with Gasteiger partial charge >= 0.3 is 0 Å². The third-order valence-corrected chi connectivity index (χ3v) is 4.09. The largest absolute Gasteiger partial charge is 0.391 e. The standard InChI is InChI=1S/C12H24N2O/c1-9-8-10(13)6-7-14(9)11-4-2-3-5-12(11)15/h9-12,15H,2-8,13H2,1H3. The van der Waals surface area contributed by atoms with Crippen LogP contribution in [0.2, 0.25) is 0 Å². The Balaban J connectivity index is 1.96. The SMILES string of the molecule is CC1CC(N)CCN1C1CCCCC1O. The van der Waals surface area contributed by atoms with Crippen LogP contribution in [-0.4, -0.2) is 40.8 Å². The molecule has 1 saturated carbocycles. The molecule has 2 aliphatic rings. The van der Waals surface area contributed by atoms with Crippen molar-refractivity contribution < 1.29 is 5.11 Å². The van der Waals surface area contributed by atoms with E-state index in [0.29, 0.717) is 18.1 Å². The van der Waals surface area contributed by atoms with Gasteiger partial charge in [-0.2, -0.15) is 0 Å². The first-order chi connectivity index (χ1) is 7.18. The molecule has 4 atom stereocenters. The molecule has 1 saturated heterocycles. The Hall–Kier alpha value is -0.120. The predicted octanol–water partition coefficient (Wildman–Crippen LogP) is 1.10. The number of piperidine rings is 1. The molecule has 2 fully saturated rings. The summed E-state index contributed by atoms with van der Waals surface area (Å²) >= 11 is 0. The van der Waals surface area contributed by atoms with Gasteiger partial charge in [0.2, 0.25) is 0 Å². The van der Waals surface area contributed by atoms with Crippen molar-refractivity contribution in [1.29, 1.82) is 0 Å². The van der Waals surface area contributed by atoms with E-state index in [0.717, 1.165) is 25.8 Å². The van der Waals surface area contributed by atoms with Crippen LogP contribution in [0.3, 0.4) is 0 Å². The second-order valence-electron chi connectivity index (χ2n) is 5.29. The summed E-state index contributed by atoms with van der Waals surface area (Å²) in [5.74, 6) is 0. The molecule has 4 unspecified atom stereocenters. The molecule has 3 heteroatoms. The molecular weight excluding hydrogens is 188 g/mol. The van der Waals surface area contributed by atoms with Crippen LogP contribution in [0.1, 0.15) is 45.4 Å². The Morgan fingerprint density at radius 3 is 2.60 bits per heavy atom. The fraction of sp³-hybridized carbons (Fsp3) is 1.00. The molecule has 0 aromatic rings. The highest BCUT2D eigenvalue weighted by Gasteiger charge is 2.34. The summed E-state index contributed by atoms with van der Waals surface area (Å²) in [7, 11) is 0. The van der Waals surface area contributed by atoms with Gasteiger partial charge in [0.15, 0.2) is 0 Å². The first-order valence-corrected chi connectivity index (χ1v) is 6.38. The lowest BCUT2D eigenvalue weighted by atomic mass is 9.87. The van der Waals surface area contributed by atoms with Crippen molar-refractivity contribution in [3.05, 3.63) is 0 Å². The van der Waals surface area contributed by atoms with Gasteiger partial charge in [0.25, 0.3) is 0 Å². The lowest BCUT2D eigenvalue weighted by Gasteiger charge is -2.45. The molecule has 88 valence electrons. The summed E-state index contributed by atoms with van der Waals surface area (Å²) in [6, 6.07) is 1.32. The first kappa shape index (κ1) is 11.4. The van der Waals surface area contributed by atoms with E-state index in [1.165, 1.54) is 19.3 Å². The molecular formula is C12H24N2O. The van der Waals surface area contributed by atoms with Crippen LogP contribution in [0.25, 0.3) is 0 Å². The highest BCUT2D eigenvalue weighted by Crippen LogP contribution is 2.28. The second-order valence-corrected chi connectivity index (χ2v) is 5.29. The van der Waals surface area contributed by atoms with E-state index in [4.69, 9.17) is 5.73 Å². The minimum Gasteiger partial charge on any atom is -0.391 e. The number of hydrogen-bond acceptors (Lipinski definition) is 3. The lowest BCUT2D eigenvalue weighted by Crippen LogP contribution is -2.54. The minimum absolute atomic E-state index is 0.101. The van der Waals surface area contributed by atoms with E-state index in [-0.39, 0.29) is 6.10 Å². The minimum atomic E-state index is -0.101. The zero-order valence-corrected chi connectivity index (χ0v) is 9.73. The van der Waals surface area contributed by atoms with Crippen LogP contribution in [0, 0.1) is 0 Å². The van der Waals surface area contributed by atoms with Crippen molar-refractivity contribution in [3.63, 3.8) is 0 Å². The summed E-state index contributed by atoms with van der Waals surface area (Å²) in [5.41, 5.74) is 5.96. The molecule has 0 aromatic carbocycles. The van der Waals surface area contributed by atoms with E-state index < -0.39 is 0 Å². The third-order valence-electron chi connectivity index (χ3n) is 4.09. The van der Waals surface area contributed by atoms with Gasteiger partial charge in [-0.25, -0.2) is 0 Å². The molecule has 0 bridgehead atoms. The maximum atomic E-state index is 10.0.